The quantitative estimate of drug-likeness (QED) is 0.793. The highest BCUT2D eigenvalue weighted by molar-refractivity contribution is 5.54. The summed E-state index contributed by atoms with van der Waals surface area (Å²) in [7, 11) is 1.58. The van der Waals surface area contributed by atoms with E-state index in [1.807, 2.05) is 0 Å². The van der Waals surface area contributed by atoms with E-state index in [1.54, 1.807) is 13.1 Å². The van der Waals surface area contributed by atoms with Crippen LogP contribution in [0.1, 0.15) is 29.5 Å². The molecule has 2 aromatic rings. The number of hydrogen-bond donors (Lipinski definition) is 1. The van der Waals surface area contributed by atoms with Gasteiger partial charge in [-0.05, 0) is 18.2 Å². The van der Waals surface area contributed by atoms with Crippen molar-refractivity contribution >= 4 is 5.69 Å². The van der Waals surface area contributed by atoms with Crippen molar-refractivity contribution in [2.75, 3.05) is 12.4 Å². The molecule has 0 aliphatic rings. The molecule has 1 N–H and O–H groups in total. The molecular formula is C15H14F4N2O. The zero-order valence-corrected chi connectivity index (χ0v) is 11.7. The average molecular weight is 314 g/mol. The SMILES string of the molecule is CNc1cccc(C(F)F)c1COc1ncccc1C(F)F. The molecule has 1 aromatic heterocycles. The Morgan fingerprint density at radius 2 is 1.73 bits per heavy atom. The molecule has 1 heterocycles. The Hall–Kier alpha value is -2.31. The number of rotatable bonds is 6. The Morgan fingerprint density at radius 1 is 1.05 bits per heavy atom. The first-order valence-electron chi connectivity index (χ1n) is 6.48. The summed E-state index contributed by atoms with van der Waals surface area (Å²) in [6.07, 6.45) is -4.14. The minimum Gasteiger partial charge on any atom is -0.472 e. The summed E-state index contributed by atoms with van der Waals surface area (Å²) < 4.78 is 57.1. The first kappa shape index (κ1) is 16.1. The number of ether oxygens (including phenoxy) is 1. The van der Waals surface area contributed by atoms with Gasteiger partial charge in [0.15, 0.2) is 0 Å². The lowest BCUT2D eigenvalue weighted by Crippen LogP contribution is -2.07. The summed E-state index contributed by atoms with van der Waals surface area (Å²) in [6.45, 7) is -0.284. The van der Waals surface area contributed by atoms with E-state index >= 15 is 0 Å². The van der Waals surface area contributed by atoms with Crippen molar-refractivity contribution in [2.24, 2.45) is 0 Å². The van der Waals surface area contributed by atoms with Crippen LogP contribution in [0.2, 0.25) is 0 Å². The predicted octanol–water partition coefficient (Wildman–Crippen LogP) is 4.58. The molecule has 0 aliphatic carbocycles. The van der Waals surface area contributed by atoms with Crippen LogP contribution in [0, 0.1) is 0 Å². The van der Waals surface area contributed by atoms with E-state index in [1.165, 1.54) is 30.5 Å². The van der Waals surface area contributed by atoms with Crippen LogP contribution in [0.15, 0.2) is 36.5 Å². The second-order valence-electron chi connectivity index (χ2n) is 4.41. The number of nitrogens with zero attached hydrogens (tertiary/aromatic N) is 1. The molecule has 3 nitrogen and oxygen atoms in total. The maximum atomic E-state index is 13.1. The molecule has 1 aromatic carbocycles. The largest absolute Gasteiger partial charge is 0.472 e. The van der Waals surface area contributed by atoms with Crippen molar-refractivity contribution < 1.29 is 22.3 Å². The van der Waals surface area contributed by atoms with E-state index in [2.05, 4.69) is 10.3 Å². The van der Waals surface area contributed by atoms with Crippen LogP contribution < -0.4 is 10.1 Å². The zero-order valence-electron chi connectivity index (χ0n) is 11.7. The third kappa shape index (κ3) is 3.47. The lowest BCUT2D eigenvalue weighted by Gasteiger charge is -2.15. The fourth-order valence-electron chi connectivity index (χ4n) is 2.03. The van der Waals surface area contributed by atoms with Crippen LogP contribution in [0.5, 0.6) is 5.88 Å². The van der Waals surface area contributed by atoms with Crippen LogP contribution in [-0.2, 0) is 6.61 Å². The lowest BCUT2D eigenvalue weighted by molar-refractivity contribution is 0.139. The average Bonchev–Trinajstić information content (AvgIpc) is 2.52. The third-order valence-electron chi connectivity index (χ3n) is 3.11. The van der Waals surface area contributed by atoms with Gasteiger partial charge in [-0.3, -0.25) is 0 Å². The van der Waals surface area contributed by atoms with Gasteiger partial charge in [-0.1, -0.05) is 12.1 Å². The molecule has 0 bridgehead atoms. The van der Waals surface area contributed by atoms with E-state index in [-0.39, 0.29) is 29.2 Å². The van der Waals surface area contributed by atoms with Crippen LogP contribution >= 0.6 is 0 Å². The number of halogens is 4. The Bertz CT molecular complexity index is 635. The van der Waals surface area contributed by atoms with Gasteiger partial charge in [0.05, 0.1) is 5.56 Å². The van der Waals surface area contributed by atoms with Gasteiger partial charge in [-0.2, -0.15) is 0 Å². The number of aromatic nitrogens is 1. The number of hydrogen-bond acceptors (Lipinski definition) is 3. The Morgan fingerprint density at radius 3 is 2.36 bits per heavy atom. The molecule has 0 aliphatic heterocycles. The highest BCUT2D eigenvalue weighted by Crippen LogP contribution is 2.31. The summed E-state index contributed by atoms with van der Waals surface area (Å²) in [5.74, 6) is -0.261. The molecule has 0 unspecified atom stereocenters. The fraction of sp³-hybridized carbons (Fsp3) is 0.267. The van der Waals surface area contributed by atoms with E-state index in [9.17, 15) is 17.6 Å². The van der Waals surface area contributed by atoms with Crippen molar-refractivity contribution in [2.45, 2.75) is 19.5 Å². The summed E-state index contributed by atoms with van der Waals surface area (Å²) >= 11 is 0. The maximum absolute atomic E-state index is 13.1. The molecule has 0 saturated heterocycles. The minimum absolute atomic E-state index is 0.207. The highest BCUT2D eigenvalue weighted by Gasteiger charge is 2.19. The number of benzene rings is 1. The van der Waals surface area contributed by atoms with Crippen molar-refractivity contribution in [3.05, 3.63) is 53.2 Å². The second kappa shape index (κ2) is 7.11. The summed E-state index contributed by atoms with van der Waals surface area (Å²) in [6, 6.07) is 6.92. The van der Waals surface area contributed by atoms with Gasteiger partial charge in [0.25, 0.3) is 12.9 Å². The van der Waals surface area contributed by atoms with Gasteiger partial charge in [-0.15, -0.1) is 0 Å². The fourth-order valence-corrected chi connectivity index (χ4v) is 2.03. The van der Waals surface area contributed by atoms with Crippen LogP contribution in [0.25, 0.3) is 0 Å². The van der Waals surface area contributed by atoms with Crippen molar-refractivity contribution in [1.29, 1.82) is 0 Å². The Balaban J connectivity index is 2.29. The maximum Gasteiger partial charge on any atom is 0.269 e. The van der Waals surface area contributed by atoms with Crippen LogP contribution in [0.4, 0.5) is 23.2 Å². The van der Waals surface area contributed by atoms with Crippen molar-refractivity contribution in [3.8, 4) is 5.88 Å². The van der Waals surface area contributed by atoms with E-state index in [0.29, 0.717) is 5.69 Å². The van der Waals surface area contributed by atoms with Gasteiger partial charge in [0.2, 0.25) is 5.88 Å². The van der Waals surface area contributed by atoms with Gasteiger partial charge in [0.1, 0.15) is 6.61 Å². The Labute approximate surface area is 124 Å². The monoisotopic (exact) mass is 314 g/mol. The minimum atomic E-state index is -2.75. The molecule has 22 heavy (non-hydrogen) atoms. The van der Waals surface area contributed by atoms with E-state index in [4.69, 9.17) is 4.74 Å². The first-order chi connectivity index (χ1) is 10.5. The molecule has 118 valence electrons. The van der Waals surface area contributed by atoms with Gasteiger partial charge < -0.3 is 10.1 Å². The molecule has 0 atom stereocenters. The lowest BCUT2D eigenvalue weighted by atomic mass is 10.1. The van der Waals surface area contributed by atoms with Crippen molar-refractivity contribution in [3.63, 3.8) is 0 Å². The van der Waals surface area contributed by atoms with Crippen LogP contribution in [0.3, 0.4) is 0 Å². The van der Waals surface area contributed by atoms with E-state index < -0.39 is 12.9 Å². The molecule has 0 radical (unpaired) electrons. The normalized spacial score (nSPS) is 11.0. The number of pyridine rings is 1. The molecule has 7 heteroatoms. The molecule has 0 saturated carbocycles. The number of anilines is 1. The smallest absolute Gasteiger partial charge is 0.269 e. The predicted molar refractivity (Wildman–Crippen MR) is 74.5 cm³/mol. The number of nitrogens with one attached hydrogen (secondary N) is 1. The second-order valence-corrected chi connectivity index (χ2v) is 4.41. The third-order valence-corrected chi connectivity index (χ3v) is 3.11. The summed E-state index contributed by atoms with van der Waals surface area (Å²) in [5.41, 5.74) is 0.0858. The zero-order chi connectivity index (χ0) is 16.1. The van der Waals surface area contributed by atoms with Crippen molar-refractivity contribution in [1.82, 2.24) is 4.98 Å². The Kier molecular flexibility index (Phi) is 5.19. The van der Waals surface area contributed by atoms with Gasteiger partial charge >= 0.3 is 0 Å². The molecule has 0 fully saturated rings. The first-order valence-corrected chi connectivity index (χ1v) is 6.48. The molecule has 0 spiro atoms. The van der Waals surface area contributed by atoms with Gasteiger partial charge in [0, 0.05) is 30.1 Å². The highest BCUT2D eigenvalue weighted by atomic mass is 19.3. The summed E-state index contributed by atoms with van der Waals surface area (Å²) in [4.78, 5) is 3.73. The molecule has 2 rings (SSSR count). The molecule has 0 amide bonds. The van der Waals surface area contributed by atoms with Gasteiger partial charge in [-0.25, -0.2) is 22.5 Å². The number of alkyl halides is 4. The molecular weight excluding hydrogens is 300 g/mol. The summed E-state index contributed by atoms with van der Waals surface area (Å²) in [5, 5.41) is 2.78. The standard InChI is InChI=1S/C15H14F4N2O/c1-20-12-6-2-4-9(13(16)17)11(12)8-22-15-10(14(18)19)5-3-7-21-15/h2-7,13-14,20H,8H2,1H3. The topological polar surface area (TPSA) is 34.1 Å². The van der Waals surface area contributed by atoms with Crippen LogP contribution in [-0.4, -0.2) is 12.0 Å². The van der Waals surface area contributed by atoms with E-state index in [0.717, 1.165) is 0 Å².